The summed E-state index contributed by atoms with van der Waals surface area (Å²) in [6, 6.07) is 3.58. The molecule has 128 valence electrons. The highest BCUT2D eigenvalue weighted by Crippen LogP contribution is 2.41. The number of alkyl halides is 3. The Bertz CT molecular complexity index is 860. The Morgan fingerprint density at radius 3 is 2.71 bits per heavy atom. The molecule has 0 saturated carbocycles. The molecule has 0 fully saturated rings. The first-order valence-corrected chi connectivity index (χ1v) is 7.54. The summed E-state index contributed by atoms with van der Waals surface area (Å²) in [5.74, 6) is -0.254. The normalized spacial score (nSPS) is 15.6. The van der Waals surface area contributed by atoms with Crippen molar-refractivity contribution in [1.29, 1.82) is 0 Å². The maximum atomic E-state index is 13.1. The van der Waals surface area contributed by atoms with Gasteiger partial charge < -0.3 is 14.4 Å². The molecular formula is C14H12F3N3O3S. The Balaban J connectivity index is 2.08. The number of rotatable bonds is 2. The number of amides is 2. The first kappa shape index (κ1) is 16.4. The molecule has 0 N–H and O–H groups in total. The molecule has 24 heavy (non-hydrogen) atoms. The summed E-state index contributed by atoms with van der Waals surface area (Å²) in [5, 5.41) is 0. The molecular weight excluding hydrogens is 347 g/mol. The van der Waals surface area contributed by atoms with Crippen LogP contribution in [-0.2, 0) is 6.67 Å². The number of carbonyl (C=O) groups excluding carboxylic acids is 1. The van der Waals surface area contributed by atoms with E-state index < -0.39 is 19.0 Å². The highest BCUT2D eigenvalue weighted by Gasteiger charge is 2.43. The second kappa shape index (κ2) is 5.86. The lowest BCUT2D eigenvalue weighted by atomic mass is 10.3. The van der Waals surface area contributed by atoms with Gasteiger partial charge in [-0.05, 0) is 12.1 Å². The quantitative estimate of drug-likeness (QED) is 0.829. The number of hydrogen-bond donors (Lipinski definition) is 0. The number of ether oxygens (including phenoxy) is 2. The predicted molar refractivity (Wildman–Crippen MR) is 79.3 cm³/mol. The van der Waals surface area contributed by atoms with Gasteiger partial charge in [0.2, 0.25) is 0 Å². The number of thiazole rings is 1. The molecule has 2 amide bonds. The zero-order valence-corrected chi connectivity index (χ0v) is 13.4. The van der Waals surface area contributed by atoms with Gasteiger partial charge in [0.15, 0.2) is 16.3 Å². The molecule has 2 heterocycles. The van der Waals surface area contributed by atoms with E-state index in [1.54, 1.807) is 0 Å². The van der Waals surface area contributed by atoms with E-state index >= 15 is 0 Å². The maximum Gasteiger partial charge on any atom is 0.586 e. The largest absolute Gasteiger partial charge is 0.586 e. The fourth-order valence-electron chi connectivity index (χ4n) is 1.98. The van der Waals surface area contributed by atoms with Gasteiger partial charge in [-0.1, -0.05) is 11.3 Å². The SMILES string of the molecule is CN(C)C(=O)/N=c1\sc(CF)cn1-c1ccc2c(c1)OC(F)(F)O2. The van der Waals surface area contributed by atoms with Gasteiger partial charge >= 0.3 is 12.3 Å². The molecule has 10 heteroatoms. The summed E-state index contributed by atoms with van der Waals surface area (Å²) in [7, 11) is 3.06. The average molecular weight is 359 g/mol. The van der Waals surface area contributed by atoms with E-state index in [1.807, 2.05) is 0 Å². The van der Waals surface area contributed by atoms with Crippen LogP contribution in [0.2, 0.25) is 0 Å². The van der Waals surface area contributed by atoms with E-state index in [-0.39, 0.29) is 16.3 Å². The van der Waals surface area contributed by atoms with Gasteiger partial charge in [-0.25, -0.2) is 9.18 Å². The zero-order chi connectivity index (χ0) is 17.5. The topological polar surface area (TPSA) is 56.1 Å². The van der Waals surface area contributed by atoms with Crippen molar-refractivity contribution < 1.29 is 27.4 Å². The Hall–Kier alpha value is -2.49. The number of aromatic nitrogens is 1. The molecule has 0 aliphatic carbocycles. The lowest BCUT2D eigenvalue weighted by molar-refractivity contribution is -0.286. The van der Waals surface area contributed by atoms with Crippen LogP contribution in [-0.4, -0.2) is 35.9 Å². The van der Waals surface area contributed by atoms with Crippen LogP contribution >= 0.6 is 11.3 Å². The van der Waals surface area contributed by atoms with Crippen molar-refractivity contribution in [3.63, 3.8) is 0 Å². The lowest BCUT2D eigenvalue weighted by Crippen LogP contribution is -2.26. The Labute approximate surface area is 138 Å². The van der Waals surface area contributed by atoms with Gasteiger partial charge in [-0.15, -0.1) is 8.78 Å². The van der Waals surface area contributed by atoms with Crippen LogP contribution in [0.25, 0.3) is 5.69 Å². The minimum Gasteiger partial charge on any atom is -0.395 e. The number of nitrogens with zero attached hydrogens (tertiary/aromatic N) is 3. The molecule has 1 aliphatic rings. The van der Waals surface area contributed by atoms with E-state index in [4.69, 9.17) is 0 Å². The van der Waals surface area contributed by atoms with E-state index in [2.05, 4.69) is 14.5 Å². The molecule has 1 aromatic carbocycles. The number of fused-ring (bicyclic) bond motifs is 1. The standard InChI is InChI=1S/C14H12F3N3O3S/c1-19(2)12(21)18-13-20(7-9(6-15)24-13)8-3-4-10-11(5-8)23-14(16,17)22-10/h3-5,7H,6H2,1-2H3/b18-13-. The minimum absolute atomic E-state index is 0.104. The number of urea groups is 1. The average Bonchev–Trinajstić information content (AvgIpc) is 3.04. The number of hydrogen-bond acceptors (Lipinski definition) is 4. The van der Waals surface area contributed by atoms with Crippen molar-refractivity contribution in [3.8, 4) is 17.2 Å². The molecule has 1 aromatic heterocycles. The van der Waals surface area contributed by atoms with Gasteiger partial charge in [0.25, 0.3) is 0 Å². The third-order valence-corrected chi connectivity index (χ3v) is 4.02. The van der Waals surface area contributed by atoms with Gasteiger partial charge in [0.1, 0.15) is 6.67 Å². The van der Waals surface area contributed by atoms with Gasteiger partial charge in [-0.3, -0.25) is 4.57 Å². The predicted octanol–water partition coefficient (Wildman–Crippen LogP) is 2.91. The summed E-state index contributed by atoms with van der Waals surface area (Å²) in [6.45, 7) is -0.737. The second-order valence-electron chi connectivity index (χ2n) is 5.07. The molecule has 0 unspecified atom stereocenters. The summed E-state index contributed by atoms with van der Waals surface area (Å²) in [5.41, 5.74) is 0.385. The summed E-state index contributed by atoms with van der Waals surface area (Å²) in [4.78, 5) is 17.5. The third kappa shape index (κ3) is 3.09. The molecule has 0 bridgehead atoms. The molecule has 2 aromatic rings. The summed E-state index contributed by atoms with van der Waals surface area (Å²) >= 11 is 0.987. The third-order valence-electron chi connectivity index (χ3n) is 3.07. The molecule has 6 nitrogen and oxygen atoms in total. The fraction of sp³-hybridized carbons (Fsp3) is 0.286. The first-order chi connectivity index (χ1) is 11.3. The number of carbonyl (C=O) groups is 1. The summed E-state index contributed by atoms with van der Waals surface area (Å²) in [6.07, 6.45) is -2.28. The minimum atomic E-state index is -3.72. The van der Waals surface area contributed by atoms with Gasteiger partial charge in [0, 0.05) is 26.4 Å². The monoisotopic (exact) mass is 359 g/mol. The fourth-order valence-corrected chi connectivity index (χ4v) is 2.81. The highest BCUT2D eigenvalue weighted by molar-refractivity contribution is 7.09. The number of halogens is 3. The molecule has 0 spiro atoms. The van der Waals surface area contributed by atoms with Crippen molar-refractivity contribution in [2.24, 2.45) is 4.99 Å². The van der Waals surface area contributed by atoms with E-state index in [0.717, 1.165) is 11.3 Å². The maximum absolute atomic E-state index is 13.1. The Morgan fingerprint density at radius 1 is 1.33 bits per heavy atom. The Kier molecular flexibility index (Phi) is 3.99. The highest BCUT2D eigenvalue weighted by atomic mass is 32.1. The molecule has 0 radical (unpaired) electrons. The first-order valence-electron chi connectivity index (χ1n) is 6.73. The van der Waals surface area contributed by atoms with E-state index in [1.165, 1.54) is 48.0 Å². The molecule has 0 saturated heterocycles. The van der Waals surface area contributed by atoms with Crippen LogP contribution in [0, 0.1) is 0 Å². The van der Waals surface area contributed by atoms with E-state index in [0.29, 0.717) is 10.6 Å². The molecule has 1 aliphatic heterocycles. The zero-order valence-electron chi connectivity index (χ0n) is 12.6. The van der Waals surface area contributed by atoms with Crippen LogP contribution in [0.4, 0.5) is 18.0 Å². The van der Waals surface area contributed by atoms with Crippen molar-refractivity contribution in [2.75, 3.05) is 14.1 Å². The van der Waals surface area contributed by atoms with Crippen molar-refractivity contribution >= 4 is 17.4 Å². The van der Waals surface area contributed by atoms with E-state index in [9.17, 15) is 18.0 Å². The lowest BCUT2D eigenvalue weighted by Gasteiger charge is -2.06. The molecule has 3 rings (SSSR count). The Morgan fingerprint density at radius 2 is 2.04 bits per heavy atom. The van der Waals surface area contributed by atoms with Crippen LogP contribution < -0.4 is 14.3 Å². The smallest absolute Gasteiger partial charge is 0.395 e. The summed E-state index contributed by atoms with van der Waals surface area (Å²) < 4.78 is 49.3. The van der Waals surface area contributed by atoms with Crippen LogP contribution in [0.5, 0.6) is 11.5 Å². The van der Waals surface area contributed by atoms with Gasteiger partial charge in [-0.2, -0.15) is 4.99 Å². The van der Waals surface area contributed by atoms with Crippen molar-refractivity contribution in [3.05, 3.63) is 34.1 Å². The van der Waals surface area contributed by atoms with Crippen molar-refractivity contribution in [2.45, 2.75) is 13.0 Å². The van der Waals surface area contributed by atoms with Crippen LogP contribution in [0.1, 0.15) is 4.88 Å². The van der Waals surface area contributed by atoms with Crippen molar-refractivity contribution in [1.82, 2.24) is 9.47 Å². The van der Waals surface area contributed by atoms with Crippen LogP contribution in [0.15, 0.2) is 29.4 Å². The van der Waals surface area contributed by atoms with Crippen LogP contribution in [0.3, 0.4) is 0 Å². The number of benzene rings is 1. The van der Waals surface area contributed by atoms with Gasteiger partial charge in [0.05, 0.1) is 10.6 Å². The second-order valence-corrected chi connectivity index (χ2v) is 6.16. The molecule has 0 atom stereocenters.